The van der Waals surface area contributed by atoms with Gasteiger partial charge in [-0.15, -0.1) is 0 Å². The first kappa shape index (κ1) is 15.3. The highest BCUT2D eigenvalue weighted by Gasteiger charge is 2.24. The predicted molar refractivity (Wildman–Crippen MR) is 97.0 cm³/mol. The minimum atomic E-state index is -0.00353. The van der Waals surface area contributed by atoms with Gasteiger partial charge in [0.15, 0.2) is 5.78 Å². The van der Waals surface area contributed by atoms with Gasteiger partial charge in [0.05, 0.1) is 17.4 Å². The summed E-state index contributed by atoms with van der Waals surface area (Å²) in [6, 6.07) is 15.6. The molecule has 0 aliphatic heterocycles. The van der Waals surface area contributed by atoms with Gasteiger partial charge in [-0.3, -0.25) is 4.79 Å². The Bertz CT molecular complexity index is 743. The molecule has 112 valence electrons. The van der Waals surface area contributed by atoms with Crippen molar-refractivity contribution in [3.05, 3.63) is 69.2 Å². The Labute approximate surface area is 146 Å². The highest BCUT2D eigenvalue weighted by Crippen LogP contribution is 2.28. The second kappa shape index (κ2) is 6.67. The zero-order valence-electron chi connectivity index (χ0n) is 11.6. The van der Waals surface area contributed by atoms with Gasteiger partial charge < -0.3 is 10.6 Å². The highest BCUT2D eigenvalue weighted by atomic mass is 79.9. The molecule has 3 rings (SSSR count). The summed E-state index contributed by atoms with van der Waals surface area (Å²) in [6.07, 6.45) is 2.40. The van der Waals surface area contributed by atoms with Crippen LogP contribution in [0.2, 0.25) is 0 Å². The fourth-order valence-corrected chi connectivity index (χ4v) is 3.14. The Morgan fingerprint density at radius 3 is 2.14 bits per heavy atom. The largest absolute Gasteiger partial charge is 0.377 e. The lowest BCUT2D eigenvalue weighted by Gasteiger charge is -2.12. The van der Waals surface area contributed by atoms with E-state index in [0.717, 1.165) is 20.3 Å². The summed E-state index contributed by atoms with van der Waals surface area (Å²) in [7, 11) is 0. The molecule has 0 heterocycles. The second-order valence-corrected chi connectivity index (χ2v) is 6.75. The van der Waals surface area contributed by atoms with Crippen LogP contribution in [0.1, 0.15) is 6.42 Å². The summed E-state index contributed by atoms with van der Waals surface area (Å²) in [5.41, 5.74) is 2.51. The van der Waals surface area contributed by atoms with Crippen LogP contribution in [-0.2, 0) is 4.79 Å². The number of hydrogen-bond donors (Lipinski definition) is 2. The molecule has 1 aliphatic rings. The molecule has 0 fully saturated rings. The van der Waals surface area contributed by atoms with Crippen LogP contribution in [0.5, 0.6) is 0 Å². The van der Waals surface area contributed by atoms with Crippen molar-refractivity contribution in [1.29, 1.82) is 0 Å². The van der Waals surface area contributed by atoms with Crippen LogP contribution in [0.3, 0.4) is 0 Å². The highest BCUT2D eigenvalue weighted by molar-refractivity contribution is 9.11. The van der Waals surface area contributed by atoms with Gasteiger partial charge in [0.1, 0.15) is 0 Å². The van der Waals surface area contributed by atoms with Crippen molar-refractivity contribution < 1.29 is 4.79 Å². The SMILES string of the molecule is O=C1C[C@@H](Nc2ccccc2Br)C=C1Nc1ccccc1Br. The number of rotatable bonds is 4. The van der Waals surface area contributed by atoms with Gasteiger partial charge in [0.2, 0.25) is 0 Å². The molecule has 0 saturated heterocycles. The third kappa shape index (κ3) is 3.42. The maximum atomic E-state index is 12.2. The van der Waals surface area contributed by atoms with Crippen LogP contribution in [0.4, 0.5) is 11.4 Å². The number of hydrogen-bond acceptors (Lipinski definition) is 3. The standard InChI is InChI=1S/C17H14Br2N2O/c18-12-5-1-3-7-14(12)20-11-9-16(17(22)10-11)21-15-8-4-2-6-13(15)19/h1-9,11,20-21H,10H2/t11-/m0/s1. The number of benzene rings is 2. The maximum Gasteiger partial charge on any atom is 0.181 e. The second-order valence-electron chi connectivity index (χ2n) is 5.04. The number of anilines is 2. The number of carbonyl (C=O) groups excluding carboxylic acids is 1. The lowest BCUT2D eigenvalue weighted by atomic mass is 10.2. The van der Waals surface area contributed by atoms with Crippen LogP contribution in [-0.4, -0.2) is 11.8 Å². The van der Waals surface area contributed by atoms with Crippen LogP contribution < -0.4 is 10.6 Å². The van der Waals surface area contributed by atoms with Crippen molar-refractivity contribution in [3.63, 3.8) is 0 Å². The third-order valence-corrected chi connectivity index (χ3v) is 4.81. The Hall–Kier alpha value is -1.59. The predicted octanol–water partition coefficient (Wildman–Crippen LogP) is 4.96. The molecule has 0 spiro atoms. The van der Waals surface area contributed by atoms with E-state index < -0.39 is 0 Å². The molecule has 22 heavy (non-hydrogen) atoms. The Kier molecular flexibility index (Phi) is 4.64. The molecule has 5 heteroatoms. The minimum absolute atomic E-state index is 0.00353. The third-order valence-electron chi connectivity index (χ3n) is 3.43. The molecule has 2 aromatic rings. The molecule has 0 bridgehead atoms. The molecule has 1 aliphatic carbocycles. The zero-order chi connectivity index (χ0) is 15.5. The molecule has 0 unspecified atom stereocenters. The van der Waals surface area contributed by atoms with Gasteiger partial charge >= 0.3 is 0 Å². The van der Waals surface area contributed by atoms with E-state index in [0.29, 0.717) is 12.1 Å². The van der Waals surface area contributed by atoms with E-state index in [9.17, 15) is 4.79 Å². The monoisotopic (exact) mass is 420 g/mol. The number of para-hydroxylation sites is 2. The van der Waals surface area contributed by atoms with Crippen molar-refractivity contribution in [2.75, 3.05) is 10.6 Å². The average Bonchev–Trinajstić information content (AvgIpc) is 2.84. The van der Waals surface area contributed by atoms with Gasteiger partial charge in [-0.2, -0.15) is 0 Å². The lowest BCUT2D eigenvalue weighted by molar-refractivity contribution is -0.114. The van der Waals surface area contributed by atoms with Crippen molar-refractivity contribution in [3.8, 4) is 0 Å². The molecule has 1 atom stereocenters. The molecular formula is C17H14Br2N2O. The minimum Gasteiger partial charge on any atom is -0.377 e. The summed E-state index contributed by atoms with van der Waals surface area (Å²) in [5, 5.41) is 6.58. The van der Waals surface area contributed by atoms with E-state index in [1.807, 2.05) is 54.6 Å². The quantitative estimate of drug-likeness (QED) is 0.732. The average molecular weight is 422 g/mol. The fraction of sp³-hybridized carbons (Fsp3) is 0.118. The molecule has 0 radical (unpaired) electrons. The number of ketones is 1. The number of allylic oxidation sites excluding steroid dienone is 1. The van der Waals surface area contributed by atoms with E-state index in [1.54, 1.807) is 0 Å². The van der Waals surface area contributed by atoms with E-state index >= 15 is 0 Å². The van der Waals surface area contributed by atoms with Gasteiger partial charge in [0, 0.05) is 21.1 Å². The van der Waals surface area contributed by atoms with E-state index in [1.165, 1.54) is 0 Å². The molecule has 0 aromatic heterocycles. The van der Waals surface area contributed by atoms with Crippen LogP contribution in [0, 0.1) is 0 Å². The van der Waals surface area contributed by atoms with Gasteiger partial charge in [0.25, 0.3) is 0 Å². The number of carbonyl (C=O) groups is 1. The summed E-state index contributed by atoms with van der Waals surface area (Å²) >= 11 is 6.99. The molecule has 0 amide bonds. The Balaban J connectivity index is 1.75. The van der Waals surface area contributed by atoms with Gasteiger partial charge in [-0.1, -0.05) is 24.3 Å². The zero-order valence-corrected chi connectivity index (χ0v) is 14.8. The van der Waals surface area contributed by atoms with Gasteiger partial charge in [-0.05, 0) is 62.2 Å². The molecule has 2 aromatic carbocycles. The van der Waals surface area contributed by atoms with Crippen LogP contribution in [0.15, 0.2) is 69.2 Å². The lowest BCUT2D eigenvalue weighted by Crippen LogP contribution is -2.15. The summed E-state index contributed by atoms with van der Waals surface area (Å²) in [6.45, 7) is 0. The molecule has 3 nitrogen and oxygen atoms in total. The maximum absolute atomic E-state index is 12.2. The smallest absolute Gasteiger partial charge is 0.181 e. The number of Topliss-reactive ketones (excluding diaryl/α,β-unsaturated/α-hetero) is 1. The van der Waals surface area contributed by atoms with E-state index in [4.69, 9.17) is 0 Å². The van der Waals surface area contributed by atoms with Gasteiger partial charge in [-0.25, -0.2) is 0 Å². The topological polar surface area (TPSA) is 41.1 Å². The Morgan fingerprint density at radius 1 is 0.909 bits per heavy atom. The molecular weight excluding hydrogens is 408 g/mol. The molecule has 2 N–H and O–H groups in total. The van der Waals surface area contributed by atoms with Crippen molar-refractivity contribution >= 4 is 49.0 Å². The number of nitrogens with one attached hydrogen (secondary N) is 2. The fourth-order valence-electron chi connectivity index (χ4n) is 2.35. The summed E-state index contributed by atoms with van der Waals surface area (Å²) in [4.78, 5) is 12.2. The normalized spacial score (nSPS) is 17.3. The first-order valence-corrected chi connectivity index (χ1v) is 8.50. The first-order valence-electron chi connectivity index (χ1n) is 6.91. The Morgan fingerprint density at radius 2 is 1.50 bits per heavy atom. The van der Waals surface area contributed by atoms with E-state index in [-0.39, 0.29) is 11.8 Å². The molecule has 0 saturated carbocycles. The van der Waals surface area contributed by atoms with Crippen molar-refractivity contribution in [1.82, 2.24) is 0 Å². The van der Waals surface area contributed by atoms with Crippen molar-refractivity contribution in [2.45, 2.75) is 12.5 Å². The van der Waals surface area contributed by atoms with Crippen LogP contribution in [0.25, 0.3) is 0 Å². The first-order chi connectivity index (χ1) is 10.6. The summed E-state index contributed by atoms with van der Waals surface area (Å²) in [5.74, 6) is 0.111. The summed E-state index contributed by atoms with van der Waals surface area (Å²) < 4.78 is 1.92. The van der Waals surface area contributed by atoms with Crippen LogP contribution >= 0.6 is 31.9 Å². The number of halogens is 2. The van der Waals surface area contributed by atoms with Crippen molar-refractivity contribution in [2.24, 2.45) is 0 Å². The van der Waals surface area contributed by atoms with E-state index in [2.05, 4.69) is 42.5 Å².